The molecule has 3 heteroatoms. The van der Waals surface area contributed by atoms with E-state index < -0.39 is 5.97 Å². The number of fused-ring (bicyclic) bond motifs is 1. The number of rotatable bonds is 3. The van der Waals surface area contributed by atoms with Crippen LogP contribution < -0.4 is 0 Å². The molecule has 2 aromatic rings. The minimum Gasteiger partial charge on any atom is -0.481 e. The average Bonchev–Trinajstić information content (AvgIpc) is 2.57. The van der Waals surface area contributed by atoms with Crippen LogP contribution in [0, 0.1) is 6.92 Å². The Kier molecular flexibility index (Phi) is 2.73. The molecule has 2 nitrogen and oxygen atoms in total. The number of aliphatic carboxylic acids is 1. The van der Waals surface area contributed by atoms with Crippen LogP contribution in [0.4, 0.5) is 0 Å². The maximum absolute atomic E-state index is 10.5. The van der Waals surface area contributed by atoms with Gasteiger partial charge in [-0.15, -0.1) is 11.3 Å². The van der Waals surface area contributed by atoms with Gasteiger partial charge < -0.3 is 5.11 Å². The van der Waals surface area contributed by atoms with Crippen molar-refractivity contribution in [1.29, 1.82) is 0 Å². The van der Waals surface area contributed by atoms with Crippen LogP contribution in [0.15, 0.2) is 23.6 Å². The molecule has 0 unspecified atom stereocenters. The molecule has 0 spiro atoms. The zero-order chi connectivity index (χ0) is 10.8. The second-order valence-corrected chi connectivity index (χ2v) is 4.55. The zero-order valence-electron chi connectivity index (χ0n) is 8.49. The van der Waals surface area contributed by atoms with Crippen LogP contribution in [-0.4, -0.2) is 11.1 Å². The Hall–Kier alpha value is -1.35. The fourth-order valence-corrected chi connectivity index (χ4v) is 2.53. The first kappa shape index (κ1) is 10.2. The molecule has 1 heterocycles. The highest BCUT2D eigenvalue weighted by molar-refractivity contribution is 7.17. The summed E-state index contributed by atoms with van der Waals surface area (Å²) in [5.74, 6) is -0.739. The Morgan fingerprint density at radius 1 is 1.47 bits per heavy atom. The van der Waals surface area contributed by atoms with Crippen molar-refractivity contribution in [1.82, 2.24) is 0 Å². The average molecular weight is 220 g/mol. The van der Waals surface area contributed by atoms with E-state index in [4.69, 9.17) is 5.11 Å². The molecule has 0 atom stereocenters. The van der Waals surface area contributed by atoms with Crippen molar-refractivity contribution < 1.29 is 9.90 Å². The van der Waals surface area contributed by atoms with Gasteiger partial charge in [0.2, 0.25) is 0 Å². The lowest BCUT2D eigenvalue weighted by Crippen LogP contribution is -1.97. The van der Waals surface area contributed by atoms with Gasteiger partial charge in [-0.05, 0) is 41.3 Å². The number of carboxylic acid groups (broad SMARTS) is 1. The molecule has 1 aromatic heterocycles. The smallest absolute Gasteiger partial charge is 0.303 e. The Morgan fingerprint density at radius 2 is 2.27 bits per heavy atom. The molecule has 2 rings (SSSR count). The summed E-state index contributed by atoms with van der Waals surface area (Å²) in [5.41, 5.74) is 2.37. The normalized spacial score (nSPS) is 10.7. The second kappa shape index (κ2) is 4.03. The number of thiophene rings is 1. The van der Waals surface area contributed by atoms with Crippen LogP contribution in [-0.2, 0) is 11.2 Å². The fourth-order valence-electron chi connectivity index (χ4n) is 1.61. The summed E-state index contributed by atoms with van der Waals surface area (Å²) in [6, 6.07) is 6.19. The maximum atomic E-state index is 10.5. The molecule has 0 aliphatic heterocycles. The minimum absolute atomic E-state index is 0.203. The number of benzene rings is 1. The molecular formula is C12H12O2S. The Labute approximate surface area is 92.2 Å². The summed E-state index contributed by atoms with van der Waals surface area (Å²) >= 11 is 1.73. The predicted octanol–water partition coefficient (Wildman–Crippen LogP) is 3.23. The van der Waals surface area contributed by atoms with E-state index in [1.54, 1.807) is 11.3 Å². The van der Waals surface area contributed by atoms with Crippen LogP contribution in [0.2, 0.25) is 0 Å². The van der Waals surface area contributed by atoms with E-state index in [9.17, 15) is 4.79 Å². The standard InChI is InChI=1S/C12H12O2S/c1-8-7-15-11-4-2-9(6-10(8)11)3-5-12(13)14/h2,4,6-7H,3,5H2,1H3,(H,13,14). The highest BCUT2D eigenvalue weighted by atomic mass is 32.1. The molecule has 0 radical (unpaired) electrons. The van der Waals surface area contributed by atoms with Gasteiger partial charge in [0.05, 0.1) is 0 Å². The van der Waals surface area contributed by atoms with Crippen LogP contribution in [0.5, 0.6) is 0 Å². The maximum Gasteiger partial charge on any atom is 0.303 e. The third-order valence-electron chi connectivity index (χ3n) is 2.46. The number of carboxylic acids is 1. The number of hydrogen-bond acceptors (Lipinski definition) is 2. The van der Waals surface area contributed by atoms with Crippen LogP contribution in [0.1, 0.15) is 17.5 Å². The minimum atomic E-state index is -0.739. The summed E-state index contributed by atoms with van der Waals surface area (Å²) in [4.78, 5) is 10.5. The van der Waals surface area contributed by atoms with Gasteiger partial charge in [0, 0.05) is 11.1 Å². The van der Waals surface area contributed by atoms with Gasteiger partial charge in [0.1, 0.15) is 0 Å². The monoisotopic (exact) mass is 220 g/mol. The molecular weight excluding hydrogens is 208 g/mol. The molecule has 0 saturated heterocycles. The van der Waals surface area contributed by atoms with Crippen LogP contribution >= 0.6 is 11.3 Å². The SMILES string of the molecule is Cc1csc2ccc(CCC(=O)O)cc12. The van der Waals surface area contributed by atoms with E-state index in [1.807, 2.05) is 6.07 Å². The lowest BCUT2D eigenvalue weighted by Gasteiger charge is -1.99. The fraction of sp³-hybridized carbons (Fsp3) is 0.250. The number of hydrogen-bond donors (Lipinski definition) is 1. The van der Waals surface area contributed by atoms with Gasteiger partial charge in [-0.25, -0.2) is 0 Å². The molecule has 15 heavy (non-hydrogen) atoms. The molecule has 0 aliphatic carbocycles. The first-order valence-electron chi connectivity index (χ1n) is 4.85. The third kappa shape index (κ3) is 2.18. The van der Waals surface area contributed by atoms with Gasteiger partial charge in [0.15, 0.2) is 0 Å². The second-order valence-electron chi connectivity index (χ2n) is 3.64. The van der Waals surface area contributed by atoms with Crippen molar-refractivity contribution in [2.45, 2.75) is 19.8 Å². The van der Waals surface area contributed by atoms with Crippen LogP contribution in [0.25, 0.3) is 10.1 Å². The van der Waals surface area contributed by atoms with Crippen molar-refractivity contribution in [3.05, 3.63) is 34.7 Å². The molecule has 0 bridgehead atoms. The van der Waals surface area contributed by atoms with Crippen molar-refractivity contribution in [2.75, 3.05) is 0 Å². The van der Waals surface area contributed by atoms with Gasteiger partial charge in [-0.2, -0.15) is 0 Å². The summed E-state index contributed by atoms with van der Waals surface area (Å²) in [5, 5.41) is 12.0. The number of aryl methyl sites for hydroxylation is 2. The van der Waals surface area contributed by atoms with Crippen LogP contribution in [0.3, 0.4) is 0 Å². The van der Waals surface area contributed by atoms with Gasteiger partial charge >= 0.3 is 5.97 Å². The summed E-state index contributed by atoms with van der Waals surface area (Å²) in [6.45, 7) is 2.08. The zero-order valence-corrected chi connectivity index (χ0v) is 9.30. The van der Waals surface area contributed by atoms with E-state index in [1.165, 1.54) is 15.6 Å². The molecule has 0 saturated carbocycles. The molecule has 0 fully saturated rings. The van der Waals surface area contributed by atoms with E-state index >= 15 is 0 Å². The highest BCUT2D eigenvalue weighted by Gasteiger charge is 2.03. The van der Waals surface area contributed by atoms with E-state index in [0.717, 1.165) is 5.56 Å². The first-order valence-corrected chi connectivity index (χ1v) is 5.73. The van der Waals surface area contributed by atoms with E-state index in [0.29, 0.717) is 6.42 Å². The van der Waals surface area contributed by atoms with Gasteiger partial charge in [0.25, 0.3) is 0 Å². The Morgan fingerprint density at radius 3 is 3.00 bits per heavy atom. The molecule has 0 aliphatic rings. The topological polar surface area (TPSA) is 37.3 Å². The van der Waals surface area contributed by atoms with Gasteiger partial charge in [-0.1, -0.05) is 12.1 Å². The predicted molar refractivity (Wildman–Crippen MR) is 62.5 cm³/mol. The quantitative estimate of drug-likeness (QED) is 0.862. The van der Waals surface area contributed by atoms with Crippen molar-refractivity contribution in [2.24, 2.45) is 0 Å². The lowest BCUT2D eigenvalue weighted by molar-refractivity contribution is -0.136. The lowest BCUT2D eigenvalue weighted by atomic mass is 10.1. The Balaban J connectivity index is 2.29. The van der Waals surface area contributed by atoms with E-state index in [-0.39, 0.29) is 6.42 Å². The first-order chi connectivity index (χ1) is 7.16. The largest absolute Gasteiger partial charge is 0.481 e. The molecule has 1 N–H and O–H groups in total. The molecule has 78 valence electrons. The molecule has 0 amide bonds. The highest BCUT2D eigenvalue weighted by Crippen LogP contribution is 2.26. The van der Waals surface area contributed by atoms with Crippen molar-refractivity contribution in [3.8, 4) is 0 Å². The van der Waals surface area contributed by atoms with E-state index in [2.05, 4.69) is 24.4 Å². The summed E-state index contributed by atoms with van der Waals surface area (Å²) in [6.07, 6.45) is 0.815. The van der Waals surface area contributed by atoms with Crippen molar-refractivity contribution >= 4 is 27.4 Å². The Bertz CT molecular complexity index is 499. The molecule has 1 aromatic carbocycles. The van der Waals surface area contributed by atoms with Crippen molar-refractivity contribution in [3.63, 3.8) is 0 Å². The number of carbonyl (C=O) groups is 1. The summed E-state index contributed by atoms with van der Waals surface area (Å²) in [7, 11) is 0. The third-order valence-corrected chi connectivity index (χ3v) is 3.54. The summed E-state index contributed by atoms with van der Waals surface area (Å²) < 4.78 is 1.27. The van der Waals surface area contributed by atoms with Gasteiger partial charge in [-0.3, -0.25) is 4.79 Å².